The minimum atomic E-state index is -2.38. The molecule has 0 aromatic heterocycles. The van der Waals surface area contributed by atoms with Gasteiger partial charge in [-0.05, 0) is 4.57 Å². The number of hydrogen-bond donors (Lipinski definition) is 0. The molecule has 0 saturated carbocycles. The molecule has 0 heterocycles. The van der Waals surface area contributed by atoms with Gasteiger partial charge in [0.15, 0.2) is 0 Å². The Hall–Kier alpha value is -0.340. The molecule has 58 valence electrons. The van der Waals surface area contributed by atoms with Gasteiger partial charge in [0.2, 0.25) is 5.78 Å². The van der Waals surface area contributed by atoms with Crippen molar-refractivity contribution < 1.29 is 18.3 Å². The Balaban J connectivity index is 4.08. The first kappa shape index (κ1) is 9.66. The summed E-state index contributed by atoms with van der Waals surface area (Å²) in [5.41, 5.74) is 0. The Bertz CT molecular complexity index is 146. The van der Waals surface area contributed by atoms with Crippen molar-refractivity contribution in [2.75, 3.05) is 0 Å². The van der Waals surface area contributed by atoms with Crippen LogP contribution in [0.2, 0.25) is 0 Å². The van der Waals surface area contributed by atoms with Gasteiger partial charge in [0.05, 0.1) is 0 Å². The van der Waals surface area contributed by atoms with Crippen LogP contribution in [0, 0.1) is 0 Å². The number of carbonyl (C=O) groups excluding carboxylic acids is 1. The maximum absolute atomic E-state index is 12.7. The Morgan fingerprint density at radius 2 is 2.30 bits per heavy atom. The number of rotatable bonds is 4. The first-order valence-electron chi connectivity index (χ1n) is 2.82. The predicted molar refractivity (Wildman–Crippen MR) is 34.9 cm³/mol. The van der Waals surface area contributed by atoms with E-state index in [-0.39, 0.29) is 6.42 Å². The van der Waals surface area contributed by atoms with Gasteiger partial charge in [-0.25, -0.2) is 0 Å². The molecule has 0 radical (unpaired) electrons. The number of halogens is 1. The van der Waals surface area contributed by atoms with Crippen molar-refractivity contribution >= 4 is 14.5 Å². The zero-order valence-electron chi connectivity index (χ0n) is 5.81. The van der Waals surface area contributed by atoms with Crippen molar-refractivity contribution in [3.8, 4) is 0 Å². The number of alkyl halides is 1. The maximum atomic E-state index is 12.7. The van der Waals surface area contributed by atoms with Gasteiger partial charge >= 0.3 is 14.5 Å². The Labute approximate surface area is 59.8 Å². The average Bonchev–Trinajstić information content (AvgIpc) is 1.86. The quantitative estimate of drug-likeness (QED) is 0.597. The molecule has 0 saturated heterocycles. The van der Waals surface area contributed by atoms with E-state index in [0.717, 1.165) is 6.92 Å². The van der Waals surface area contributed by atoms with Crippen molar-refractivity contribution in [3.05, 3.63) is 0 Å². The van der Waals surface area contributed by atoms with Crippen molar-refractivity contribution in [2.45, 2.75) is 26.1 Å². The summed E-state index contributed by atoms with van der Waals surface area (Å²) in [6.45, 7) is 2.46. The maximum Gasteiger partial charge on any atom is 0.497 e. The van der Waals surface area contributed by atoms with Crippen LogP contribution in [0.4, 0.5) is 4.39 Å². The summed E-state index contributed by atoms with van der Waals surface area (Å²) >= 11 is 0. The van der Waals surface area contributed by atoms with Crippen LogP contribution < -0.4 is 0 Å². The predicted octanol–water partition coefficient (Wildman–Crippen LogP) is 1.61. The molecule has 0 rings (SSSR count). The standard InChI is InChI=1S/C5H9FO3P/c1-3-4(7)5(2,6)9-10-8/h10H,3H2,1-2H3/q+1. The van der Waals surface area contributed by atoms with E-state index in [1.54, 1.807) is 0 Å². The molecule has 2 atom stereocenters. The van der Waals surface area contributed by atoms with Crippen LogP contribution in [0.15, 0.2) is 0 Å². The van der Waals surface area contributed by atoms with Gasteiger partial charge in [0.1, 0.15) is 0 Å². The molecule has 0 bridgehead atoms. The molecule has 5 heteroatoms. The Morgan fingerprint density at radius 3 is 2.60 bits per heavy atom. The largest absolute Gasteiger partial charge is 0.497 e. The second-order valence-corrected chi connectivity index (χ2v) is 2.25. The van der Waals surface area contributed by atoms with Crippen molar-refractivity contribution in [2.24, 2.45) is 0 Å². The van der Waals surface area contributed by atoms with Gasteiger partial charge in [0.25, 0.3) is 0 Å². The lowest BCUT2D eigenvalue weighted by molar-refractivity contribution is -0.146. The average molecular weight is 167 g/mol. The van der Waals surface area contributed by atoms with Crippen LogP contribution in [0.3, 0.4) is 0 Å². The summed E-state index contributed by atoms with van der Waals surface area (Å²) < 4.78 is 26.5. The van der Waals surface area contributed by atoms with Gasteiger partial charge in [-0.15, -0.1) is 0 Å². The van der Waals surface area contributed by atoms with Gasteiger partial charge in [-0.1, -0.05) is 11.4 Å². The zero-order chi connectivity index (χ0) is 8.20. The fourth-order valence-electron chi connectivity index (χ4n) is 0.451. The molecule has 0 aromatic rings. The van der Waals surface area contributed by atoms with Crippen molar-refractivity contribution in [3.63, 3.8) is 0 Å². The van der Waals surface area contributed by atoms with Gasteiger partial charge < -0.3 is 0 Å². The summed E-state index contributed by atoms with van der Waals surface area (Å²) in [4.78, 5) is 10.6. The van der Waals surface area contributed by atoms with E-state index in [9.17, 15) is 13.8 Å². The number of hydrogen-bond acceptors (Lipinski definition) is 3. The molecule has 0 aliphatic rings. The minimum Gasteiger partial charge on any atom is -0.293 e. The third kappa shape index (κ3) is 2.50. The van der Waals surface area contributed by atoms with Crippen LogP contribution in [0.25, 0.3) is 0 Å². The highest BCUT2D eigenvalue weighted by molar-refractivity contribution is 7.17. The SMILES string of the molecule is CCC(=O)C(C)(F)O[PH+]=O. The molecule has 10 heavy (non-hydrogen) atoms. The lowest BCUT2D eigenvalue weighted by atomic mass is 10.2. The number of ketones is 1. The minimum absolute atomic E-state index is 0.0392. The summed E-state index contributed by atoms with van der Waals surface area (Å²) in [6.07, 6.45) is 0.0392. The molecule has 0 spiro atoms. The van der Waals surface area contributed by atoms with Crippen LogP contribution >= 0.6 is 8.69 Å². The van der Waals surface area contributed by atoms with Gasteiger partial charge in [-0.3, -0.25) is 4.79 Å². The van der Waals surface area contributed by atoms with Crippen LogP contribution in [-0.4, -0.2) is 11.6 Å². The monoisotopic (exact) mass is 167 g/mol. The topological polar surface area (TPSA) is 43.4 Å². The van der Waals surface area contributed by atoms with E-state index in [1.165, 1.54) is 6.92 Å². The Kier molecular flexibility index (Phi) is 3.61. The summed E-state index contributed by atoms with van der Waals surface area (Å²) in [5.74, 6) is -3.08. The van der Waals surface area contributed by atoms with E-state index >= 15 is 0 Å². The van der Waals surface area contributed by atoms with E-state index in [2.05, 4.69) is 4.52 Å². The first-order valence-corrected chi connectivity index (χ1v) is 3.63. The molecule has 0 aliphatic carbocycles. The second kappa shape index (κ2) is 3.74. The van der Waals surface area contributed by atoms with Crippen LogP contribution in [-0.2, 0) is 13.9 Å². The summed E-state index contributed by atoms with van der Waals surface area (Å²) in [7, 11) is -1.24. The lowest BCUT2D eigenvalue weighted by Gasteiger charge is -2.07. The van der Waals surface area contributed by atoms with Gasteiger partial charge in [-0.2, -0.15) is 4.39 Å². The molecular weight excluding hydrogens is 158 g/mol. The van der Waals surface area contributed by atoms with Crippen molar-refractivity contribution in [1.82, 2.24) is 0 Å². The third-order valence-electron chi connectivity index (χ3n) is 1.05. The highest BCUT2D eigenvalue weighted by Crippen LogP contribution is 2.20. The fourth-order valence-corrected chi connectivity index (χ4v) is 0.721. The highest BCUT2D eigenvalue weighted by atomic mass is 31.1. The smallest absolute Gasteiger partial charge is 0.293 e. The third-order valence-corrected chi connectivity index (χ3v) is 1.52. The molecule has 0 aromatic carbocycles. The van der Waals surface area contributed by atoms with Crippen LogP contribution in [0.1, 0.15) is 20.3 Å². The Morgan fingerprint density at radius 1 is 1.80 bits per heavy atom. The second-order valence-electron chi connectivity index (χ2n) is 1.88. The van der Waals surface area contributed by atoms with Gasteiger partial charge in [0, 0.05) is 13.3 Å². The molecular formula is C5H9FO3P+. The number of carbonyl (C=O) groups is 1. The summed E-state index contributed by atoms with van der Waals surface area (Å²) in [5, 5.41) is 0. The van der Waals surface area contributed by atoms with E-state index < -0.39 is 20.3 Å². The molecule has 3 nitrogen and oxygen atoms in total. The number of Topliss-reactive ketones (excluding diaryl/α,β-unsaturated/α-hetero) is 1. The van der Waals surface area contributed by atoms with E-state index in [4.69, 9.17) is 0 Å². The normalized spacial score (nSPS) is 16.7. The fraction of sp³-hybridized carbons (Fsp3) is 0.800. The first-order chi connectivity index (χ1) is 4.54. The molecule has 0 amide bonds. The van der Waals surface area contributed by atoms with Crippen LogP contribution in [0.5, 0.6) is 0 Å². The van der Waals surface area contributed by atoms with E-state index in [0.29, 0.717) is 0 Å². The van der Waals surface area contributed by atoms with E-state index in [1.807, 2.05) is 0 Å². The highest BCUT2D eigenvalue weighted by Gasteiger charge is 2.36. The summed E-state index contributed by atoms with van der Waals surface area (Å²) in [6, 6.07) is 0. The molecule has 0 N–H and O–H groups in total. The molecule has 2 unspecified atom stereocenters. The molecule has 0 aliphatic heterocycles. The molecule has 0 fully saturated rings. The lowest BCUT2D eigenvalue weighted by Crippen LogP contribution is -2.29. The van der Waals surface area contributed by atoms with Crippen molar-refractivity contribution in [1.29, 1.82) is 0 Å². The zero-order valence-corrected chi connectivity index (χ0v) is 6.81.